The second-order valence-corrected chi connectivity index (χ2v) is 10.5. The number of aromatic nitrogens is 1. The van der Waals surface area contributed by atoms with Crippen LogP contribution in [0.4, 0.5) is 0 Å². The Bertz CT molecular complexity index is 1050. The smallest absolute Gasteiger partial charge is 0.354 e. The normalized spacial score (nSPS) is 26.8. The molecule has 0 bridgehead atoms. The van der Waals surface area contributed by atoms with Gasteiger partial charge in [-0.2, -0.15) is 0 Å². The van der Waals surface area contributed by atoms with Gasteiger partial charge in [0.1, 0.15) is 11.4 Å². The highest BCUT2D eigenvalue weighted by Crippen LogP contribution is 2.57. The molecular formula is C27H34N2O3. The van der Waals surface area contributed by atoms with Crippen molar-refractivity contribution < 1.29 is 14.7 Å². The first-order valence-electron chi connectivity index (χ1n) is 11.8. The molecule has 5 nitrogen and oxygen atoms in total. The van der Waals surface area contributed by atoms with Crippen LogP contribution in [0.15, 0.2) is 36.4 Å². The number of nitrogens with one attached hydrogen (secondary N) is 1. The fraction of sp³-hybridized carbons (Fsp3) is 0.519. The Morgan fingerprint density at radius 3 is 2.62 bits per heavy atom. The van der Waals surface area contributed by atoms with Crippen molar-refractivity contribution in [2.75, 3.05) is 6.54 Å². The van der Waals surface area contributed by atoms with Crippen LogP contribution in [0.2, 0.25) is 0 Å². The fourth-order valence-corrected chi connectivity index (χ4v) is 6.27. The van der Waals surface area contributed by atoms with Gasteiger partial charge in [-0.3, -0.25) is 4.79 Å². The first kappa shape index (κ1) is 22.5. The van der Waals surface area contributed by atoms with Gasteiger partial charge in [-0.15, -0.1) is 0 Å². The van der Waals surface area contributed by atoms with E-state index in [4.69, 9.17) is 5.11 Å². The summed E-state index contributed by atoms with van der Waals surface area (Å²) < 4.78 is 0. The standard InChI is InChI=1S/C27H34N2O3/c1-17(2)18-9-11-20-19(15-18)10-12-23-26(3,13-6-14-27(20,23)4)16-28-24(30)21-7-5-8-22(29-21)25(31)32/h5,7-9,11,15,17,23H,6,10,12-14,16H2,1-4H3,(H,28,30)(H,31,32)/t23-,26-,27+/m0/s1. The molecule has 0 saturated heterocycles. The molecule has 0 aliphatic heterocycles. The lowest BCUT2D eigenvalue weighted by Crippen LogP contribution is -2.53. The quantitative estimate of drug-likeness (QED) is 0.665. The van der Waals surface area contributed by atoms with Gasteiger partial charge < -0.3 is 10.4 Å². The van der Waals surface area contributed by atoms with E-state index in [9.17, 15) is 9.59 Å². The molecular weight excluding hydrogens is 400 g/mol. The van der Waals surface area contributed by atoms with Crippen molar-refractivity contribution >= 4 is 11.9 Å². The van der Waals surface area contributed by atoms with Crippen molar-refractivity contribution in [2.45, 2.75) is 71.1 Å². The molecule has 0 unspecified atom stereocenters. The van der Waals surface area contributed by atoms with Gasteiger partial charge in [-0.05, 0) is 77.2 Å². The van der Waals surface area contributed by atoms with Crippen LogP contribution in [-0.2, 0) is 11.8 Å². The molecule has 2 aromatic rings. The molecule has 1 aromatic carbocycles. The van der Waals surface area contributed by atoms with Gasteiger partial charge in [0.05, 0.1) is 0 Å². The molecule has 1 fully saturated rings. The Balaban J connectivity index is 1.55. The molecule has 170 valence electrons. The first-order chi connectivity index (χ1) is 15.1. The average Bonchev–Trinajstić information content (AvgIpc) is 2.77. The number of aromatic carboxylic acids is 1. The molecule has 3 atom stereocenters. The molecule has 1 aromatic heterocycles. The van der Waals surface area contributed by atoms with Crippen LogP contribution < -0.4 is 5.32 Å². The van der Waals surface area contributed by atoms with E-state index < -0.39 is 5.97 Å². The van der Waals surface area contributed by atoms with Crippen molar-refractivity contribution in [1.29, 1.82) is 0 Å². The zero-order valence-corrected chi connectivity index (χ0v) is 19.6. The summed E-state index contributed by atoms with van der Waals surface area (Å²) in [4.78, 5) is 28.0. The van der Waals surface area contributed by atoms with Crippen molar-refractivity contribution in [2.24, 2.45) is 11.3 Å². The van der Waals surface area contributed by atoms with Crippen molar-refractivity contribution in [1.82, 2.24) is 10.3 Å². The van der Waals surface area contributed by atoms with Crippen LogP contribution >= 0.6 is 0 Å². The third-order valence-corrected chi connectivity index (χ3v) is 8.02. The summed E-state index contributed by atoms with van der Waals surface area (Å²) in [6.45, 7) is 9.79. The summed E-state index contributed by atoms with van der Waals surface area (Å²) in [5, 5.41) is 12.2. The highest BCUT2D eigenvalue weighted by Gasteiger charge is 2.51. The van der Waals surface area contributed by atoms with E-state index in [2.05, 4.69) is 56.2 Å². The number of carboxylic acid groups (broad SMARTS) is 1. The monoisotopic (exact) mass is 434 g/mol. The number of rotatable bonds is 5. The van der Waals surface area contributed by atoms with Crippen molar-refractivity contribution in [3.05, 3.63) is 64.5 Å². The summed E-state index contributed by atoms with van der Waals surface area (Å²) in [5.41, 5.74) is 4.54. The van der Waals surface area contributed by atoms with Gasteiger partial charge in [0.25, 0.3) is 5.91 Å². The number of amides is 1. The number of hydrogen-bond donors (Lipinski definition) is 2. The second kappa shape index (κ2) is 8.34. The minimum Gasteiger partial charge on any atom is -0.477 e. The Labute approximate surface area is 190 Å². The number of hydrogen-bond acceptors (Lipinski definition) is 3. The van der Waals surface area contributed by atoms with E-state index in [1.54, 1.807) is 12.1 Å². The highest BCUT2D eigenvalue weighted by molar-refractivity contribution is 5.94. The average molecular weight is 435 g/mol. The van der Waals surface area contributed by atoms with Gasteiger partial charge in [-0.1, -0.05) is 58.4 Å². The molecule has 2 aliphatic carbocycles. The highest BCUT2D eigenvalue weighted by atomic mass is 16.4. The van der Waals surface area contributed by atoms with E-state index in [1.165, 1.54) is 29.2 Å². The van der Waals surface area contributed by atoms with Gasteiger partial charge in [0.2, 0.25) is 0 Å². The predicted octanol–water partition coefficient (Wildman–Crippen LogP) is 5.34. The number of nitrogens with zero attached hydrogens (tertiary/aromatic N) is 1. The van der Waals surface area contributed by atoms with Gasteiger partial charge in [0.15, 0.2) is 0 Å². The van der Waals surface area contributed by atoms with Crippen LogP contribution in [0.3, 0.4) is 0 Å². The minimum absolute atomic E-state index is 0.0124. The van der Waals surface area contributed by atoms with Crippen LogP contribution in [0, 0.1) is 11.3 Å². The van der Waals surface area contributed by atoms with Crippen LogP contribution in [-0.4, -0.2) is 28.5 Å². The lowest BCUT2D eigenvalue weighted by molar-refractivity contribution is 0.0254. The van der Waals surface area contributed by atoms with Gasteiger partial charge >= 0.3 is 5.97 Å². The summed E-state index contributed by atoms with van der Waals surface area (Å²) >= 11 is 0. The molecule has 0 spiro atoms. The summed E-state index contributed by atoms with van der Waals surface area (Å²) in [7, 11) is 0. The maximum absolute atomic E-state index is 12.8. The molecule has 1 saturated carbocycles. The zero-order valence-electron chi connectivity index (χ0n) is 19.6. The largest absolute Gasteiger partial charge is 0.477 e. The zero-order chi connectivity index (χ0) is 23.1. The van der Waals surface area contributed by atoms with Crippen molar-refractivity contribution in [3.63, 3.8) is 0 Å². The number of fused-ring (bicyclic) bond motifs is 3. The molecule has 1 heterocycles. The number of carbonyl (C=O) groups excluding carboxylic acids is 1. The number of aryl methyl sites for hydroxylation is 1. The number of carbonyl (C=O) groups is 2. The van der Waals surface area contributed by atoms with E-state index in [0.717, 1.165) is 25.7 Å². The molecule has 5 heteroatoms. The Morgan fingerprint density at radius 1 is 1.16 bits per heavy atom. The van der Waals surface area contributed by atoms with E-state index >= 15 is 0 Å². The molecule has 1 amide bonds. The molecule has 2 N–H and O–H groups in total. The Hall–Kier alpha value is -2.69. The van der Waals surface area contributed by atoms with E-state index in [-0.39, 0.29) is 28.1 Å². The summed E-state index contributed by atoms with van der Waals surface area (Å²) in [5.74, 6) is -0.416. The number of benzene rings is 1. The number of pyridine rings is 1. The first-order valence-corrected chi connectivity index (χ1v) is 11.8. The maximum Gasteiger partial charge on any atom is 0.354 e. The van der Waals surface area contributed by atoms with Crippen LogP contribution in [0.5, 0.6) is 0 Å². The lowest BCUT2D eigenvalue weighted by Gasteiger charge is -2.55. The number of carboxylic acids is 1. The topological polar surface area (TPSA) is 79.3 Å². The third-order valence-electron chi connectivity index (χ3n) is 8.02. The minimum atomic E-state index is -1.13. The summed E-state index contributed by atoms with van der Waals surface area (Å²) in [6, 6.07) is 11.6. The predicted molar refractivity (Wildman–Crippen MR) is 125 cm³/mol. The van der Waals surface area contributed by atoms with Crippen LogP contribution in [0.1, 0.15) is 97.0 Å². The molecule has 32 heavy (non-hydrogen) atoms. The fourth-order valence-electron chi connectivity index (χ4n) is 6.27. The van der Waals surface area contributed by atoms with Gasteiger partial charge in [0, 0.05) is 6.54 Å². The molecule has 0 radical (unpaired) electrons. The Morgan fingerprint density at radius 2 is 1.91 bits per heavy atom. The van der Waals surface area contributed by atoms with Gasteiger partial charge in [-0.25, -0.2) is 9.78 Å². The summed E-state index contributed by atoms with van der Waals surface area (Å²) in [6.07, 6.45) is 5.61. The third kappa shape index (κ3) is 3.94. The molecule has 2 aliphatic rings. The Kier molecular flexibility index (Phi) is 5.87. The van der Waals surface area contributed by atoms with Crippen LogP contribution in [0.25, 0.3) is 0 Å². The van der Waals surface area contributed by atoms with E-state index in [0.29, 0.717) is 18.4 Å². The van der Waals surface area contributed by atoms with E-state index in [1.807, 2.05) is 0 Å². The maximum atomic E-state index is 12.8. The SMILES string of the molecule is CC(C)c1ccc2c(c1)CC[C@H]1[C@](C)(CNC(=O)c3cccc(C(=O)O)n3)CCC[C@]21C. The molecule has 4 rings (SSSR count). The lowest BCUT2D eigenvalue weighted by atomic mass is 9.49. The second-order valence-electron chi connectivity index (χ2n) is 10.5. The van der Waals surface area contributed by atoms with Crippen molar-refractivity contribution in [3.8, 4) is 0 Å².